The van der Waals surface area contributed by atoms with E-state index in [1.165, 1.54) is 30.7 Å². The zero-order valence-electron chi connectivity index (χ0n) is 15.6. The van der Waals surface area contributed by atoms with Crippen molar-refractivity contribution in [2.24, 2.45) is 0 Å². The normalized spacial score (nSPS) is 11.3. The van der Waals surface area contributed by atoms with Crippen LogP contribution in [0.3, 0.4) is 0 Å². The number of rotatable bonds is 5. The zero-order valence-corrected chi connectivity index (χ0v) is 15.6. The highest BCUT2D eigenvalue weighted by Crippen LogP contribution is 2.33. The fourth-order valence-electron chi connectivity index (χ4n) is 3.54. The van der Waals surface area contributed by atoms with Crippen LogP contribution in [0.1, 0.15) is 5.56 Å². The van der Waals surface area contributed by atoms with Gasteiger partial charge in [0.1, 0.15) is 29.0 Å². The number of hydrogen-bond donors (Lipinski definition) is 2. The van der Waals surface area contributed by atoms with E-state index in [4.69, 9.17) is 0 Å². The average Bonchev–Trinajstić information content (AvgIpc) is 3.24. The van der Waals surface area contributed by atoms with Crippen molar-refractivity contribution in [3.8, 4) is 11.1 Å². The lowest BCUT2D eigenvalue weighted by Gasteiger charge is -2.14. The highest BCUT2D eigenvalue weighted by molar-refractivity contribution is 5.95. The van der Waals surface area contributed by atoms with E-state index in [9.17, 15) is 8.78 Å². The number of fused-ring (bicyclic) bond motifs is 2. The molecule has 7 nitrogen and oxygen atoms in total. The molecule has 5 rings (SSSR count). The van der Waals surface area contributed by atoms with Crippen LogP contribution in [-0.4, -0.2) is 36.7 Å². The largest absolute Gasteiger partial charge is 0.368 e. The van der Waals surface area contributed by atoms with Crippen molar-refractivity contribution < 1.29 is 8.78 Å². The van der Waals surface area contributed by atoms with Crippen LogP contribution in [0, 0.1) is 11.6 Å². The summed E-state index contributed by atoms with van der Waals surface area (Å²) in [5.74, 6) is -0.193. The molecule has 0 amide bonds. The van der Waals surface area contributed by atoms with Gasteiger partial charge in [-0.05, 0) is 41.8 Å². The molecule has 3 heterocycles. The van der Waals surface area contributed by atoms with Crippen LogP contribution in [0.15, 0.2) is 55.2 Å². The molecule has 0 aliphatic carbocycles. The number of nitrogens with one attached hydrogen (secondary N) is 2. The molecule has 0 fully saturated rings. The van der Waals surface area contributed by atoms with Crippen LogP contribution in [-0.2, 0) is 6.42 Å². The van der Waals surface area contributed by atoms with E-state index in [0.717, 1.165) is 0 Å². The van der Waals surface area contributed by atoms with Gasteiger partial charge in [0.05, 0.1) is 12.5 Å². The van der Waals surface area contributed by atoms with Gasteiger partial charge in [0, 0.05) is 17.5 Å². The number of imidazole rings is 1. The summed E-state index contributed by atoms with van der Waals surface area (Å²) < 4.78 is 28.7. The number of halogens is 2. The summed E-state index contributed by atoms with van der Waals surface area (Å²) in [6, 6.07) is 9.21. The van der Waals surface area contributed by atoms with Gasteiger partial charge in [-0.2, -0.15) is 5.10 Å². The molecule has 0 radical (unpaired) electrons. The SMILES string of the molecule is Fc1cccc(-c2c(CCNc3ncnc4[nH]cnc34)cc(F)c3ccnnc23)c1. The van der Waals surface area contributed by atoms with Gasteiger partial charge in [-0.1, -0.05) is 12.1 Å². The fraction of sp³-hybridized carbons (Fsp3) is 0.0952. The van der Waals surface area contributed by atoms with Crippen LogP contribution >= 0.6 is 0 Å². The molecule has 0 aliphatic heterocycles. The summed E-state index contributed by atoms with van der Waals surface area (Å²) >= 11 is 0. The lowest BCUT2D eigenvalue weighted by atomic mass is 9.94. The van der Waals surface area contributed by atoms with E-state index >= 15 is 0 Å². The number of H-pyrrole nitrogens is 1. The second kappa shape index (κ2) is 7.43. The van der Waals surface area contributed by atoms with Crippen LogP contribution in [0.4, 0.5) is 14.6 Å². The Morgan fingerprint density at radius 1 is 1.00 bits per heavy atom. The highest BCUT2D eigenvalue weighted by atomic mass is 19.1. The Morgan fingerprint density at radius 2 is 1.93 bits per heavy atom. The first-order chi connectivity index (χ1) is 14.7. The van der Waals surface area contributed by atoms with Crippen molar-refractivity contribution in [3.63, 3.8) is 0 Å². The Kier molecular flexibility index (Phi) is 4.47. The summed E-state index contributed by atoms with van der Waals surface area (Å²) in [6.45, 7) is 0.451. The number of aromatic nitrogens is 6. The highest BCUT2D eigenvalue weighted by Gasteiger charge is 2.16. The molecular formula is C21H15F2N7. The molecule has 0 atom stereocenters. The molecule has 0 aliphatic rings. The second-order valence-corrected chi connectivity index (χ2v) is 6.70. The maximum absolute atomic E-state index is 14.7. The maximum atomic E-state index is 14.7. The fourth-order valence-corrected chi connectivity index (χ4v) is 3.54. The molecule has 0 saturated heterocycles. The van der Waals surface area contributed by atoms with Gasteiger partial charge in [-0.15, -0.1) is 5.10 Å². The molecule has 3 aromatic heterocycles. The van der Waals surface area contributed by atoms with Crippen LogP contribution in [0.25, 0.3) is 33.2 Å². The van der Waals surface area contributed by atoms with Gasteiger partial charge in [-0.25, -0.2) is 23.7 Å². The minimum atomic E-state index is -0.396. The van der Waals surface area contributed by atoms with Crippen molar-refractivity contribution in [2.45, 2.75) is 6.42 Å². The lowest BCUT2D eigenvalue weighted by Crippen LogP contribution is -2.09. The van der Waals surface area contributed by atoms with Gasteiger partial charge in [0.15, 0.2) is 11.5 Å². The molecule has 5 aromatic rings. The third kappa shape index (κ3) is 3.20. The van der Waals surface area contributed by atoms with Gasteiger partial charge in [-0.3, -0.25) is 0 Å². The lowest BCUT2D eigenvalue weighted by molar-refractivity contribution is 0.628. The molecule has 0 saturated carbocycles. The Morgan fingerprint density at radius 3 is 2.83 bits per heavy atom. The monoisotopic (exact) mass is 403 g/mol. The number of benzene rings is 2. The summed E-state index contributed by atoms with van der Waals surface area (Å²) in [4.78, 5) is 15.5. The molecule has 0 spiro atoms. The van der Waals surface area contributed by atoms with Crippen LogP contribution in [0.5, 0.6) is 0 Å². The van der Waals surface area contributed by atoms with E-state index in [1.807, 2.05) is 0 Å². The Bertz CT molecular complexity index is 1370. The zero-order chi connectivity index (χ0) is 20.5. The van der Waals surface area contributed by atoms with E-state index in [1.54, 1.807) is 24.5 Å². The third-order valence-corrected chi connectivity index (χ3v) is 4.85. The van der Waals surface area contributed by atoms with Crippen molar-refractivity contribution in [1.82, 2.24) is 30.1 Å². The third-order valence-electron chi connectivity index (χ3n) is 4.85. The van der Waals surface area contributed by atoms with E-state index in [0.29, 0.717) is 57.5 Å². The molecule has 0 unspecified atom stereocenters. The topological polar surface area (TPSA) is 92.3 Å². The number of anilines is 1. The summed E-state index contributed by atoms with van der Waals surface area (Å²) in [5, 5.41) is 11.6. The van der Waals surface area contributed by atoms with Gasteiger partial charge in [0.2, 0.25) is 0 Å². The quantitative estimate of drug-likeness (QED) is 0.462. The smallest absolute Gasteiger partial charge is 0.162 e. The Hall–Kier alpha value is -4.01. The van der Waals surface area contributed by atoms with Crippen molar-refractivity contribution >= 4 is 27.9 Å². The predicted octanol–water partition coefficient (Wildman–Crippen LogP) is 3.90. The van der Waals surface area contributed by atoms with Crippen molar-refractivity contribution in [1.29, 1.82) is 0 Å². The van der Waals surface area contributed by atoms with Gasteiger partial charge < -0.3 is 10.3 Å². The first-order valence-electron chi connectivity index (χ1n) is 9.27. The maximum Gasteiger partial charge on any atom is 0.162 e. The molecular weight excluding hydrogens is 388 g/mol. The number of hydrogen-bond acceptors (Lipinski definition) is 6. The molecule has 0 bridgehead atoms. The average molecular weight is 403 g/mol. The summed E-state index contributed by atoms with van der Waals surface area (Å²) in [5.41, 5.74) is 3.61. The van der Waals surface area contributed by atoms with Crippen molar-refractivity contribution in [3.05, 3.63) is 72.4 Å². The first-order valence-corrected chi connectivity index (χ1v) is 9.27. The van der Waals surface area contributed by atoms with Crippen LogP contribution < -0.4 is 5.32 Å². The molecule has 2 N–H and O–H groups in total. The Labute approximate surface area is 169 Å². The molecule has 30 heavy (non-hydrogen) atoms. The minimum Gasteiger partial charge on any atom is -0.368 e. The minimum absolute atomic E-state index is 0.343. The second-order valence-electron chi connectivity index (χ2n) is 6.70. The molecule has 148 valence electrons. The standard InChI is InChI=1S/C21H15F2N7/c22-14-3-1-2-12(8-14)17-13(9-16(23)15-5-7-29-30-18(15)17)4-6-24-20-19-21(26-10-25-19)28-11-27-20/h1-3,5,7-11H,4,6H2,(H2,24,25,26,27,28). The summed E-state index contributed by atoms with van der Waals surface area (Å²) in [6.07, 6.45) is 4.87. The van der Waals surface area contributed by atoms with E-state index < -0.39 is 5.82 Å². The van der Waals surface area contributed by atoms with E-state index in [2.05, 4.69) is 35.5 Å². The Balaban J connectivity index is 1.53. The number of nitrogens with zero attached hydrogens (tertiary/aromatic N) is 5. The molecule has 9 heteroatoms. The summed E-state index contributed by atoms with van der Waals surface area (Å²) in [7, 11) is 0. The molecule has 2 aromatic carbocycles. The van der Waals surface area contributed by atoms with Gasteiger partial charge in [0.25, 0.3) is 0 Å². The first kappa shape index (κ1) is 18.0. The van der Waals surface area contributed by atoms with Crippen molar-refractivity contribution in [2.75, 3.05) is 11.9 Å². The van der Waals surface area contributed by atoms with Gasteiger partial charge >= 0.3 is 0 Å². The predicted molar refractivity (Wildman–Crippen MR) is 109 cm³/mol. The van der Waals surface area contributed by atoms with Crippen LogP contribution in [0.2, 0.25) is 0 Å². The van der Waals surface area contributed by atoms with E-state index in [-0.39, 0.29) is 5.82 Å². The number of aromatic amines is 1.